The molecule has 0 saturated carbocycles. The Bertz CT molecular complexity index is 577. The van der Waals surface area contributed by atoms with E-state index in [1.165, 1.54) is 12.1 Å². The Hall–Kier alpha value is -2.75. The average molecular weight is 261 g/mol. The van der Waals surface area contributed by atoms with Crippen LogP contribution in [-0.4, -0.2) is 24.0 Å². The molecule has 0 spiro atoms. The Kier molecular flexibility index (Phi) is 3.52. The number of nitro benzene ring substituents is 1. The van der Waals surface area contributed by atoms with Gasteiger partial charge in [-0.2, -0.15) is 0 Å². The van der Waals surface area contributed by atoms with E-state index >= 15 is 0 Å². The highest BCUT2D eigenvalue weighted by molar-refractivity contribution is 5.96. The quantitative estimate of drug-likeness (QED) is 0.369. The van der Waals surface area contributed by atoms with E-state index in [0.29, 0.717) is 24.3 Å². The number of hydrogen-bond acceptors (Lipinski definition) is 5. The zero-order valence-corrected chi connectivity index (χ0v) is 9.93. The van der Waals surface area contributed by atoms with E-state index in [4.69, 9.17) is 11.2 Å². The zero-order chi connectivity index (χ0) is 13.8. The molecule has 7 nitrogen and oxygen atoms in total. The van der Waals surface area contributed by atoms with Crippen LogP contribution in [0.25, 0.3) is 0 Å². The molecule has 1 aliphatic heterocycles. The van der Waals surface area contributed by atoms with Gasteiger partial charge < -0.3 is 15.4 Å². The number of hydrogen-bond donors (Lipinski definition) is 2. The van der Waals surface area contributed by atoms with E-state index in [1.54, 1.807) is 0 Å². The van der Waals surface area contributed by atoms with Crippen LogP contribution in [0.15, 0.2) is 12.1 Å². The third-order valence-electron chi connectivity index (χ3n) is 2.51. The molecule has 0 saturated heterocycles. The second-order valence-electron chi connectivity index (χ2n) is 3.84. The number of nitrogens with one attached hydrogen (secondary N) is 2. The van der Waals surface area contributed by atoms with Crippen molar-refractivity contribution in [3.05, 3.63) is 22.2 Å². The highest BCUT2D eigenvalue weighted by atomic mass is 16.6. The minimum Gasteiger partial charge on any atom is -0.481 e. The lowest BCUT2D eigenvalue weighted by Crippen LogP contribution is -2.25. The third kappa shape index (κ3) is 2.74. The van der Waals surface area contributed by atoms with Gasteiger partial charge in [0.05, 0.1) is 16.7 Å². The summed E-state index contributed by atoms with van der Waals surface area (Å²) in [5.41, 5.74) is 0.585. The number of nitrogens with zero attached hydrogens (tertiary/aromatic N) is 1. The fourth-order valence-electron chi connectivity index (χ4n) is 1.68. The Morgan fingerprint density at radius 2 is 2.37 bits per heavy atom. The number of ether oxygens (including phenoxy) is 1. The van der Waals surface area contributed by atoms with Crippen molar-refractivity contribution < 1.29 is 14.5 Å². The normalized spacial score (nSPS) is 12.7. The number of rotatable bonds is 4. The summed E-state index contributed by atoms with van der Waals surface area (Å²) in [7, 11) is 0. The van der Waals surface area contributed by atoms with Gasteiger partial charge in [-0.05, 0) is 6.07 Å². The Morgan fingerprint density at radius 1 is 1.58 bits per heavy atom. The summed E-state index contributed by atoms with van der Waals surface area (Å²) in [5.74, 6) is 2.42. The van der Waals surface area contributed by atoms with Crippen LogP contribution in [0.1, 0.15) is 6.42 Å². The lowest BCUT2D eigenvalue weighted by atomic mass is 10.2. The van der Waals surface area contributed by atoms with Crippen LogP contribution in [0.3, 0.4) is 0 Å². The second kappa shape index (κ2) is 5.27. The van der Waals surface area contributed by atoms with Gasteiger partial charge in [-0.15, -0.1) is 12.3 Å². The molecule has 0 unspecified atom stereocenters. The van der Waals surface area contributed by atoms with Crippen LogP contribution in [0.5, 0.6) is 5.75 Å². The maximum Gasteiger partial charge on any atom is 0.296 e. The molecule has 7 heteroatoms. The van der Waals surface area contributed by atoms with Crippen LogP contribution in [0.2, 0.25) is 0 Å². The summed E-state index contributed by atoms with van der Waals surface area (Å²) in [6.07, 6.45) is 5.56. The fourth-order valence-corrected chi connectivity index (χ4v) is 1.68. The molecule has 19 heavy (non-hydrogen) atoms. The molecule has 98 valence electrons. The van der Waals surface area contributed by atoms with Crippen molar-refractivity contribution in [2.24, 2.45) is 0 Å². The predicted octanol–water partition coefficient (Wildman–Crippen LogP) is 1.36. The van der Waals surface area contributed by atoms with Gasteiger partial charge in [0.1, 0.15) is 5.69 Å². The van der Waals surface area contributed by atoms with Crippen LogP contribution in [0.4, 0.5) is 17.1 Å². The number of carbonyl (C=O) groups is 1. The van der Waals surface area contributed by atoms with E-state index in [9.17, 15) is 14.9 Å². The van der Waals surface area contributed by atoms with Gasteiger partial charge in [-0.1, -0.05) is 0 Å². The molecule has 0 bridgehead atoms. The Balaban J connectivity index is 2.34. The number of benzene rings is 1. The van der Waals surface area contributed by atoms with Gasteiger partial charge in [0.15, 0.2) is 12.4 Å². The lowest BCUT2D eigenvalue weighted by Gasteiger charge is -2.18. The van der Waals surface area contributed by atoms with Crippen molar-refractivity contribution in [1.29, 1.82) is 0 Å². The first-order chi connectivity index (χ1) is 9.11. The highest BCUT2D eigenvalue weighted by Gasteiger charge is 2.23. The predicted molar refractivity (Wildman–Crippen MR) is 69.2 cm³/mol. The Morgan fingerprint density at radius 3 is 3.05 bits per heavy atom. The molecule has 2 rings (SSSR count). The molecule has 1 aliphatic rings. The smallest absolute Gasteiger partial charge is 0.296 e. The van der Waals surface area contributed by atoms with Gasteiger partial charge in [0.2, 0.25) is 0 Å². The van der Waals surface area contributed by atoms with Crippen molar-refractivity contribution in [1.82, 2.24) is 0 Å². The summed E-state index contributed by atoms with van der Waals surface area (Å²) < 4.78 is 5.13. The number of nitro groups is 1. The summed E-state index contributed by atoms with van der Waals surface area (Å²) in [5, 5.41) is 16.4. The summed E-state index contributed by atoms with van der Waals surface area (Å²) >= 11 is 0. The number of fused-ring (bicyclic) bond motifs is 1. The minimum absolute atomic E-state index is 0.119. The number of terminal acetylenes is 1. The maximum atomic E-state index is 11.2. The summed E-state index contributed by atoms with van der Waals surface area (Å²) in [4.78, 5) is 21.7. The van der Waals surface area contributed by atoms with E-state index in [-0.39, 0.29) is 24.0 Å². The standard InChI is InChI=1S/C12H11N3O4/c1-2-3-4-13-8-5-9-11(6-10(8)15(17)18)19-7-12(16)14-9/h1,5-6,13H,3-4,7H2,(H,14,16). The molecule has 1 amide bonds. The van der Waals surface area contributed by atoms with Gasteiger partial charge in [0.25, 0.3) is 11.6 Å². The zero-order valence-electron chi connectivity index (χ0n) is 9.93. The van der Waals surface area contributed by atoms with Crippen LogP contribution in [-0.2, 0) is 4.79 Å². The lowest BCUT2D eigenvalue weighted by molar-refractivity contribution is -0.384. The van der Waals surface area contributed by atoms with Crippen molar-refractivity contribution in [2.45, 2.75) is 6.42 Å². The highest BCUT2D eigenvalue weighted by Crippen LogP contribution is 2.37. The second-order valence-corrected chi connectivity index (χ2v) is 3.84. The van der Waals surface area contributed by atoms with Gasteiger partial charge in [-0.25, -0.2) is 0 Å². The average Bonchev–Trinajstić information content (AvgIpc) is 2.37. The van der Waals surface area contributed by atoms with Crippen LogP contribution in [0, 0.1) is 22.5 Å². The van der Waals surface area contributed by atoms with Crippen molar-refractivity contribution in [3.8, 4) is 18.1 Å². The van der Waals surface area contributed by atoms with Gasteiger partial charge in [0, 0.05) is 13.0 Å². The van der Waals surface area contributed by atoms with Crippen LogP contribution >= 0.6 is 0 Å². The van der Waals surface area contributed by atoms with Gasteiger partial charge in [-0.3, -0.25) is 14.9 Å². The molecular weight excluding hydrogens is 250 g/mol. The first-order valence-corrected chi connectivity index (χ1v) is 5.54. The summed E-state index contributed by atoms with van der Waals surface area (Å²) in [6, 6.07) is 2.76. The molecular formula is C12H11N3O4. The van der Waals surface area contributed by atoms with Crippen molar-refractivity contribution in [2.75, 3.05) is 23.8 Å². The van der Waals surface area contributed by atoms with Crippen molar-refractivity contribution in [3.63, 3.8) is 0 Å². The van der Waals surface area contributed by atoms with Crippen molar-refractivity contribution >= 4 is 23.0 Å². The molecule has 0 fully saturated rings. The summed E-state index contributed by atoms with van der Waals surface area (Å²) in [6.45, 7) is 0.263. The first-order valence-electron chi connectivity index (χ1n) is 5.54. The van der Waals surface area contributed by atoms with E-state index in [2.05, 4.69) is 16.6 Å². The first kappa shape index (κ1) is 12.7. The molecule has 1 heterocycles. The minimum atomic E-state index is -0.516. The molecule has 0 radical (unpaired) electrons. The van der Waals surface area contributed by atoms with Crippen LogP contribution < -0.4 is 15.4 Å². The number of amides is 1. The molecule has 1 aromatic rings. The molecule has 0 aromatic heterocycles. The van der Waals surface area contributed by atoms with E-state index < -0.39 is 4.92 Å². The SMILES string of the molecule is C#CCCNc1cc2c(cc1[N+](=O)[O-])OCC(=O)N2. The number of carbonyl (C=O) groups excluding carboxylic acids is 1. The largest absolute Gasteiger partial charge is 0.481 e. The van der Waals surface area contributed by atoms with E-state index in [0.717, 1.165) is 0 Å². The van der Waals surface area contributed by atoms with E-state index in [1.807, 2.05) is 0 Å². The topological polar surface area (TPSA) is 93.5 Å². The molecule has 0 aliphatic carbocycles. The maximum absolute atomic E-state index is 11.2. The Labute approximate surface area is 109 Å². The molecule has 2 N–H and O–H groups in total. The third-order valence-corrected chi connectivity index (χ3v) is 2.51. The number of anilines is 2. The molecule has 0 atom stereocenters. The fraction of sp³-hybridized carbons (Fsp3) is 0.250. The molecule has 1 aromatic carbocycles. The monoisotopic (exact) mass is 261 g/mol. The van der Waals surface area contributed by atoms with Gasteiger partial charge >= 0.3 is 0 Å².